The first-order valence-electron chi connectivity index (χ1n) is 4.46. The van der Waals surface area contributed by atoms with Gasteiger partial charge in [-0.1, -0.05) is 6.92 Å². The number of hydrogen-bond acceptors (Lipinski definition) is 0. The number of nitrogens with one attached hydrogen (secondary N) is 1. The Morgan fingerprint density at radius 2 is 2.36 bits per heavy atom. The van der Waals surface area contributed by atoms with Crippen molar-refractivity contribution >= 4 is 0 Å². The van der Waals surface area contributed by atoms with Crippen LogP contribution in [0.3, 0.4) is 0 Å². The predicted octanol–water partition coefficient (Wildman–Crippen LogP) is 2.76. The second kappa shape index (κ2) is 2.40. The van der Waals surface area contributed by atoms with Crippen LogP contribution in [0.15, 0.2) is 6.20 Å². The summed E-state index contributed by atoms with van der Waals surface area (Å²) in [5.74, 6) is 0.781. The highest BCUT2D eigenvalue weighted by atomic mass is 14.7. The number of hydrogen-bond donors (Lipinski definition) is 1. The molecule has 60 valence electrons. The molecular formula is C10H15N. The maximum atomic E-state index is 3.31. The van der Waals surface area contributed by atoms with Gasteiger partial charge in [0, 0.05) is 11.9 Å². The van der Waals surface area contributed by atoms with Gasteiger partial charge in [0.2, 0.25) is 0 Å². The van der Waals surface area contributed by atoms with Crippen LogP contribution in [-0.4, -0.2) is 4.98 Å². The largest absolute Gasteiger partial charge is 0.365 e. The summed E-state index contributed by atoms with van der Waals surface area (Å²) in [6.07, 6.45) is 6.21. The van der Waals surface area contributed by atoms with Gasteiger partial charge in [-0.15, -0.1) is 0 Å². The molecular weight excluding hydrogens is 134 g/mol. The lowest BCUT2D eigenvalue weighted by molar-refractivity contribution is 0.592. The molecule has 11 heavy (non-hydrogen) atoms. The van der Waals surface area contributed by atoms with Crippen molar-refractivity contribution in [1.82, 2.24) is 4.98 Å². The number of rotatable bonds is 0. The van der Waals surface area contributed by atoms with Crippen molar-refractivity contribution in [3.05, 3.63) is 23.0 Å². The molecule has 1 aromatic rings. The molecule has 0 amide bonds. The highest BCUT2D eigenvalue weighted by molar-refractivity contribution is 5.34. The highest BCUT2D eigenvalue weighted by Gasteiger charge is 2.18. The fraction of sp³-hybridized carbons (Fsp3) is 0.600. The molecule has 0 saturated heterocycles. The third-order valence-electron chi connectivity index (χ3n) is 2.84. The number of aromatic nitrogens is 1. The Hall–Kier alpha value is -0.720. The van der Waals surface area contributed by atoms with Gasteiger partial charge < -0.3 is 4.98 Å². The summed E-state index contributed by atoms with van der Waals surface area (Å²) in [6, 6.07) is 0. The van der Waals surface area contributed by atoms with E-state index in [0.29, 0.717) is 0 Å². The monoisotopic (exact) mass is 149 g/mol. The lowest BCUT2D eigenvalue weighted by Gasteiger charge is -2.18. The lowest BCUT2D eigenvalue weighted by atomic mass is 9.86. The van der Waals surface area contributed by atoms with Crippen LogP contribution in [0.1, 0.15) is 42.5 Å². The first-order valence-corrected chi connectivity index (χ1v) is 4.46. The first kappa shape index (κ1) is 6.96. The molecule has 1 aliphatic rings. The zero-order chi connectivity index (χ0) is 7.84. The molecule has 1 heterocycles. The summed E-state index contributed by atoms with van der Waals surface area (Å²) in [4.78, 5) is 3.31. The SMILES string of the molecule is Cc1[nH]cc2c1CCC[C@H]2C. The van der Waals surface area contributed by atoms with Crippen molar-refractivity contribution < 1.29 is 0 Å². The van der Waals surface area contributed by atoms with Crippen LogP contribution in [0.4, 0.5) is 0 Å². The van der Waals surface area contributed by atoms with Crippen molar-refractivity contribution in [1.29, 1.82) is 0 Å². The van der Waals surface area contributed by atoms with Gasteiger partial charge in [-0.05, 0) is 43.2 Å². The van der Waals surface area contributed by atoms with Crippen LogP contribution in [0.25, 0.3) is 0 Å². The third-order valence-corrected chi connectivity index (χ3v) is 2.84. The maximum absolute atomic E-state index is 3.31. The standard InChI is InChI=1S/C10H15N/c1-7-4-3-5-9-8(2)11-6-10(7)9/h6-7,11H,3-5H2,1-2H3/t7-/m1/s1. The lowest BCUT2D eigenvalue weighted by Crippen LogP contribution is -2.04. The van der Waals surface area contributed by atoms with Crippen LogP contribution in [0.2, 0.25) is 0 Å². The Labute approximate surface area is 67.8 Å². The molecule has 0 unspecified atom stereocenters. The number of fused-ring (bicyclic) bond motifs is 1. The van der Waals surface area contributed by atoms with E-state index >= 15 is 0 Å². The van der Waals surface area contributed by atoms with E-state index in [0.717, 1.165) is 5.92 Å². The molecule has 1 heteroatoms. The van der Waals surface area contributed by atoms with Gasteiger partial charge in [0.1, 0.15) is 0 Å². The van der Waals surface area contributed by atoms with E-state index < -0.39 is 0 Å². The molecule has 0 bridgehead atoms. The number of aromatic amines is 1. The van der Waals surface area contributed by atoms with E-state index in [9.17, 15) is 0 Å². The average Bonchev–Trinajstić information content (AvgIpc) is 2.35. The van der Waals surface area contributed by atoms with Crippen molar-refractivity contribution in [3.63, 3.8) is 0 Å². The predicted molar refractivity (Wildman–Crippen MR) is 46.9 cm³/mol. The number of aryl methyl sites for hydroxylation is 1. The molecule has 2 rings (SSSR count). The summed E-state index contributed by atoms with van der Waals surface area (Å²) in [5, 5.41) is 0. The number of H-pyrrole nitrogens is 1. The van der Waals surface area contributed by atoms with Gasteiger partial charge in [0.05, 0.1) is 0 Å². The third kappa shape index (κ3) is 0.991. The van der Waals surface area contributed by atoms with Gasteiger partial charge in [-0.3, -0.25) is 0 Å². The highest BCUT2D eigenvalue weighted by Crippen LogP contribution is 2.32. The minimum atomic E-state index is 0.781. The maximum Gasteiger partial charge on any atom is 0.0151 e. The Bertz CT molecular complexity index is 260. The zero-order valence-corrected chi connectivity index (χ0v) is 7.28. The van der Waals surface area contributed by atoms with Crippen molar-refractivity contribution in [3.8, 4) is 0 Å². The molecule has 1 nitrogen and oxygen atoms in total. The second-order valence-corrected chi connectivity index (χ2v) is 3.64. The van der Waals surface area contributed by atoms with E-state index in [2.05, 4.69) is 25.0 Å². The van der Waals surface area contributed by atoms with Crippen LogP contribution < -0.4 is 0 Å². The summed E-state index contributed by atoms with van der Waals surface area (Å²) < 4.78 is 0. The molecule has 0 spiro atoms. The van der Waals surface area contributed by atoms with E-state index in [1.54, 1.807) is 11.1 Å². The summed E-state index contributed by atoms with van der Waals surface area (Å²) in [5.41, 5.74) is 4.53. The van der Waals surface area contributed by atoms with Crippen LogP contribution in [-0.2, 0) is 6.42 Å². The summed E-state index contributed by atoms with van der Waals surface area (Å²) >= 11 is 0. The van der Waals surface area contributed by atoms with E-state index in [-0.39, 0.29) is 0 Å². The minimum absolute atomic E-state index is 0.781. The van der Waals surface area contributed by atoms with Crippen molar-refractivity contribution in [2.75, 3.05) is 0 Å². The fourth-order valence-corrected chi connectivity index (χ4v) is 2.09. The minimum Gasteiger partial charge on any atom is -0.365 e. The Balaban J connectivity index is 2.46. The zero-order valence-electron chi connectivity index (χ0n) is 7.28. The van der Waals surface area contributed by atoms with Gasteiger partial charge in [-0.25, -0.2) is 0 Å². The van der Waals surface area contributed by atoms with E-state index in [1.807, 2.05) is 0 Å². The topological polar surface area (TPSA) is 15.8 Å². The van der Waals surface area contributed by atoms with Crippen molar-refractivity contribution in [2.24, 2.45) is 0 Å². The van der Waals surface area contributed by atoms with E-state index in [4.69, 9.17) is 0 Å². The Kier molecular flexibility index (Phi) is 1.52. The molecule has 0 aliphatic heterocycles. The van der Waals surface area contributed by atoms with Crippen LogP contribution in [0, 0.1) is 6.92 Å². The smallest absolute Gasteiger partial charge is 0.0151 e. The van der Waals surface area contributed by atoms with Gasteiger partial charge in [0.25, 0.3) is 0 Å². The van der Waals surface area contributed by atoms with Gasteiger partial charge >= 0.3 is 0 Å². The summed E-state index contributed by atoms with van der Waals surface area (Å²) in [6.45, 7) is 4.50. The molecule has 0 radical (unpaired) electrons. The fourth-order valence-electron chi connectivity index (χ4n) is 2.09. The molecule has 0 fully saturated rings. The molecule has 1 N–H and O–H groups in total. The Morgan fingerprint density at radius 3 is 3.09 bits per heavy atom. The van der Waals surface area contributed by atoms with E-state index in [1.165, 1.54) is 25.0 Å². The first-order chi connectivity index (χ1) is 5.29. The molecule has 1 aliphatic carbocycles. The Morgan fingerprint density at radius 1 is 1.55 bits per heavy atom. The molecule has 0 aromatic carbocycles. The van der Waals surface area contributed by atoms with Gasteiger partial charge in [0.15, 0.2) is 0 Å². The normalized spacial score (nSPS) is 23.3. The van der Waals surface area contributed by atoms with Crippen LogP contribution in [0.5, 0.6) is 0 Å². The average molecular weight is 149 g/mol. The molecule has 0 saturated carbocycles. The molecule has 1 atom stereocenters. The van der Waals surface area contributed by atoms with Crippen molar-refractivity contribution in [2.45, 2.75) is 39.0 Å². The second-order valence-electron chi connectivity index (χ2n) is 3.64. The summed E-state index contributed by atoms with van der Waals surface area (Å²) in [7, 11) is 0. The molecule has 1 aromatic heterocycles. The quantitative estimate of drug-likeness (QED) is 0.583. The van der Waals surface area contributed by atoms with Crippen LogP contribution >= 0.6 is 0 Å². The van der Waals surface area contributed by atoms with Gasteiger partial charge in [-0.2, -0.15) is 0 Å².